The first-order valence-electron chi connectivity index (χ1n) is 8.34. The van der Waals surface area contributed by atoms with Crippen LogP contribution in [-0.2, 0) is 0 Å². The molecule has 3 rings (SSSR count). The predicted octanol–water partition coefficient (Wildman–Crippen LogP) is 3.93. The van der Waals surface area contributed by atoms with E-state index in [1.807, 2.05) is 12.1 Å². The Morgan fingerprint density at radius 1 is 1.04 bits per heavy atom. The normalized spacial score (nSPS) is 16.2. The van der Waals surface area contributed by atoms with Crippen molar-refractivity contribution in [2.45, 2.75) is 6.92 Å². The van der Waals surface area contributed by atoms with Gasteiger partial charge in [0.1, 0.15) is 17.3 Å². The van der Waals surface area contributed by atoms with Gasteiger partial charge in [-0.05, 0) is 54.5 Å². The molecule has 0 bridgehead atoms. The fraction of sp³-hybridized carbons (Fsp3) is 0.300. The summed E-state index contributed by atoms with van der Waals surface area (Å²) in [5.74, 6) is 1.12. The number of benzene rings is 2. The number of hydrogen-bond acceptors (Lipinski definition) is 3. The predicted molar refractivity (Wildman–Crippen MR) is 95.9 cm³/mol. The third kappa shape index (κ3) is 4.66. The van der Waals surface area contributed by atoms with Crippen LogP contribution >= 0.6 is 0 Å². The molecule has 126 valence electrons. The van der Waals surface area contributed by atoms with E-state index in [9.17, 15) is 4.39 Å². The minimum absolute atomic E-state index is 0.261. The van der Waals surface area contributed by atoms with Crippen molar-refractivity contribution < 1.29 is 9.13 Å². The molecule has 1 aliphatic rings. The molecule has 1 aliphatic heterocycles. The highest BCUT2D eigenvalue weighted by Gasteiger charge is 2.07. The standard InChI is InChI=1S/C20H23FN2O/c1-16(10-13-23-14-11-22-12-15-23)17-2-6-19(7-3-17)24-20-8-4-18(21)5-9-20/h2-10,22H,11-15H2,1H3. The Labute approximate surface area is 142 Å². The van der Waals surface area contributed by atoms with E-state index < -0.39 is 0 Å². The van der Waals surface area contributed by atoms with Gasteiger partial charge in [0.2, 0.25) is 0 Å². The molecule has 0 aliphatic carbocycles. The van der Waals surface area contributed by atoms with Crippen LogP contribution in [0.4, 0.5) is 4.39 Å². The lowest BCUT2D eigenvalue weighted by Gasteiger charge is -2.26. The van der Waals surface area contributed by atoms with Gasteiger partial charge in [0.15, 0.2) is 0 Å². The molecule has 1 saturated heterocycles. The summed E-state index contributed by atoms with van der Waals surface area (Å²) in [6.45, 7) is 7.48. The highest BCUT2D eigenvalue weighted by atomic mass is 19.1. The van der Waals surface area contributed by atoms with Gasteiger partial charge in [-0.2, -0.15) is 0 Å². The van der Waals surface area contributed by atoms with E-state index in [1.165, 1.54) is 23.3 Å². The lowest BCUT2D eigenvalue weighted by molar-refractivity contribution is 0.265. The van der Waals surface area contributed by atoms with Crippen molar-refractivity contribution in [2.75, 3.05) is 32.7 Å². The van der Waals surface area contributed by atoms with Gasteiger partial charge in [0.05, 0.1) is 0 Å². The van der Waals surface area contributed by atoms with Crippen LogP contribution in [0.3, 0.4) is 0 Å². The maximum atomic E-state index is 12.9. The van der Waals surface area contributed by atoms with Crippen molar-refractivity contribution in [1.82, 2.24) is 10.2 Å². The van der Waals surface area contributed by atoms with Crippen LogP contribution in [0.25, 0.3) is 5.57 Å². The Kier molecular flexibility index (Phi) is 5.62. The zero-order valence-corrected chi connectivity index (χ0v) is 14.0. The van der Waals surface area contributed by atoms with E-state index in [0.717, 1.165) is 38.5 Å². The summed E-state index contributed by atoms with van der Waals surface area (Å²) in [5, 5.41) is 3.37. The zero-order valence-electron chi connectivity index (χ0n) is 14.0. The average Bonchev–Trinajstić information content (AvgIpc) is 2.63. The highest BCUT2D eigenvalue weighted by Crippen LogP contribution is 2.24. The van der Waals surface area contributed by atoms with E-state index in [-0.39, 0.29) is 5.82 Å². The molecule has 1 N–H and O–H groups in total. The Hall–Kier alpha value is -2.17. The summed E-state index contributed by atoms with van der Waals surface area (Å²) < 4.78 is 18.6. The molecule has 24 heavy (non-hydrogen) atoms. The van der Waals surface area contributed by atoms with Crippen molar-refractivity contribution in [1.29, 1.82) is 0 Å². The molecule has 1 heterocycles. The van der Waals surface area contributed by atoms with Crippen molar-refractivity contribution in [3.8, 4) is 11.5 Å². The summed E-state index contributed by atoms with van der Waals surface area (Å²) >= 11 is 0. The smallest absolute Gasteiger partial charge is 0.127 e. The summed E-state index contributed by atoms with van der Waals surface area (Å²) in [7, 11) is 0. The maximum Gasteiger partial charge on any atom is 0.127 e. The Morgan fingerprint density at radius 3 is 2.25 bits per heavy atom. The molecule has 0 atom stereocenters. The summed E-state index contributed by atoms with van der Waals surface area (Å²) in [5.41, 5.74) is 2.46. The molecule has 0 saturated carbocycles. The number of nitrogens with zero attached hydrogens (tertiary/aromatic N) is 1. The second kappa shape index (κ2) is 8.08. The Balaban J connectivity index is 1.59. The molecule has 2 aromatic carbocycles. The maximum absolute atomic E-state index is 12.9. The minimum Gasteiger partial charge on any atom is -0.457 e. The van der Waals surface area contributed by atoms with E-state index in [1.54, 1.807) is 12.1 Å². The first-order chi connectivity index (χ1) is 11.7. The monoisotopic (exact) mass is 326 g/mol. The van der Waals surface area contributed by atoms with Gasteiger partial charge >= 0.3 is 0 Å². The van der Waals surface area contributed by atoms with Crippen molar-refractivity contribution in [3.05, 3.63) is 66.0 Å². The number of allylic oxidation sites excluding steroid dienone is 1. The molecule has 0 spiro atoms. The van der Waals surface area contributed by atoms with Gasteiger partial charge in [-0.25, -0.2) is 4.39 Å². The third-order valence-corrected chi connectivity index (χ3v) is 4.22. The molecule has 0 unspecified atom stereocenters. The van der Waals surface area contributed by atoms with Gasteiger partial charge in [0.25, 0.3) is 0 Å². The quantitative estimate of drug-likeness (QED) is 0.901. The van der Waals surface area contributed by atoms with Crippen molar-refractivity contribution in [2.24, 2.45) is 0 Å². The molecule has 4 heteroatoms. The summed E-state index contributed by atoms with van der Waals surface area (Å²) in [4.78, 5) is 2.45. The van der Waals surface area contributed by atoms with Crippen LogP contribution in [-0.4, -0.2) is 37.6 Å². The Morgan fingerprint density at radius 2 is 1.62 bits per heavy atom. The summed E-state index contributed by atoms with van der Waals surface area (Å²) in [6.07, 6.45) is 2.28. The van der Waals surface area contributed by atoms with E-state index in [0.29, 0.717) is 5.75 Å². The van der Waals surface area contributed by atoms with Gasteiger partial charge < -0.3 is 10.1 Å². The van der Waals surface area contributed by atoms with Crippen LogP contribution in [0.2, 0.25) is 0 Å². The van der Waals surface area contributed by atoms with Crippen molar-refractivity contribution in [3.63, 3.8) is 0 Å². The van der Waals surface area contributed by atoms with Crippen LogP contribution in [0.5, 0.6) is 11.5 Å². The number of halogens is 1. The Bertz CT molecular complexity index is 674. The number of rotatable bonds is 5. The lowest BCUT2D eigenvalue weighted by Crippen LogP contribution is -2.43. The molecule has 1 fully saturated rings. The average molecular weight is 326 g/mol. The number of piperazine rings is 1. The van der Waals surface area contributed by atoms with Crippen LogP contribution in [0.15, 0.2) is 54.6 Å². The van der Waals surface area contributed by atoms with Crippen molar-refractivity contribution >= 4 is 5.57 Å². The first kappa shape index (κ1) is 16.7. The van der Waals surface area contributed by atoms with Gasteiger partial charge in [0, 0.05) is 32.7 Å². The fourth-order valence-electron chi connectivity index (χ4n) is 2.70. The molecule has 2 aromatic rings. The zero-order chi connectivity index (χ0) is 16.8. The molecule has 0 amide bonds. The van der Waals surface area contributed by atoms with Gasteiger partial charge in [-0.3, -0.25) is 4.90 Å². The second-order valence-corrected chi connectivity index (χ2v) is 6.02. The van der Waals surface area contributed by atoms with E-state index >= 15 is 0 Å². The number of nitrogens with one attached hydrogen (secondary N) is 1. The largest absolute Gasteiger partial charge is 0.457 e. The SMILES string of the molecule is CC(=CCN1CCNCC1)c1ccc(Oc2ccc(F)cc2)cc1. The molecule has 3 nitrogen and oxygen atoms in total. The first-order valence-corrected chi connectivity index (χ1v) is 8.34. The number of hydrogen-bond donors (Lipinski definition) is 1. The highest BCUT2D eigenvalue weighted by molar-refractivity contribution is 5.64. The molecule has 0 aromatic heterocycles. The minimum atomic E-state index is -0.261. The van der Waals surface area contributed by atoms with E-state index in [2.05, 4.69) is 35.3 Å². The molecular weight excluding hydrogens is 303 g/mol. The molecule has 0 radical (unpaired) electrons. The number of ether oxygens (including phenoxy) is 1. The van der Waals surface area contributed by atoms with Gasteiger partial charge in [-0.1, -0.05) is 18.2 Å². The van der Waals surface area contributed by atoms with Crippen LogP contribution in [0.1, 0.15) is 12.5 Å². The topological polar surface area (TPSA) is 24.5 Å². The summed E-state index contributed by atoms with van der Waals surface area (Å²) in [6, 6.07) is 14.1. The van der Waals surface area contributed by atoms with Crippen LogP contribution < -0.4 is 10.1 Å². The fourth-order valence-corrected chi connectivity index (χ4v) is 2.70. The molecular formula is C20H23FN2O. The third-order valence-electron chi connectivity index (χ3n) is 4.22. The van der Waals surface area contributed by atoms with Crippen LogP contribution in [0, 0.1) is 5.82 Å². The van der Waals surface area contributed by atoms with E-state index in [4.69, 9.17) is 4.74 Å². The lowest BCUT2D eigenvalue weighted by atomic mass is 10.1. The second-order valence-electron chi connectivity index (χ2n) is 6.02. The van der Waals surface area contributed by atoms with Gasteiger partial charge in [-0.15, -0.1) is 0 Å².